The van der Waals surface area contributed by atoms with Crippen LogP contribution in [0.3, 0.4) is 0 Å². The van der Waals surface area contributed by atoms with Gasteiger partial charge in [-0.05, 0) is 35.9 Å². The van der Waals surface area contributed by atoms with Crippen LogP contribution in [0.15, 0.2) is 22.0 Å². The van der Waals surface area contributed by atoms with Crippen molar-refractivity contribution >= 4 is 17.3 Å². The predicted molar refractivity (Wildman–Crippen MR) is 70.7 cm³/mol. The molecule has 0 spiro atoms. The van der Waals surface area contributed by atoms with Crippen LogP contribution in [-0.4, -0.2) is 23.2 Å². The van der Waals surface area contributed by atoms with Gasteiger partial charge in [0, 0.05) is 18.0 Å². The summed E-state index contributed by atoms with van der Waals surface area (Å²) in [6.45, 7) is 2.01. The second-order valence-electron chi connectivity index (χ2n) is 4.47. The largest absolute Gasteiger partial charge is 0.338 e. The first-order valence-electron chi connectivity index (χ1n) is 6.22. The molecule has 0 radical (unpaired) electrons. The van der Waals surface area contributed by atoms with Crippen LogP contribution in [0, 0.1) is 0 Å². The smallest absolute Gasteiger partial charge is 0.266 e. The first-order valence-corrected chi connectivity index (χ1v) is 7.10. The highest BCUT2D eigenvalue weighted by atomic mass is 32.1. The summed E-state index contributed by atoms with van der Waals surface area (Å²) in [6.07, 6.45) is 3.68. The van der Waals surface area contributed by atoms with E-state index in [2.05, 4.69) is 15.0 Å². The van der Waals surface area contributed by atoms with Crippen molar-refractivity contribution in [2.75, 3.05) is 18.0 Å². The van der Waals surface area contributed by atoms with E-state index in [1.165, 1.54) is 19.3 Å². The van der Waals surface area contributed by atoms with E-state index in [0.717, 1.165) is 18.0 Å². The van der Waals surface area contributed by atoms with E-state index >= 15 is 0 Å². The number of hydrogen-bond acceptors (Lipinski definition) is 6. The number of rotatable bonds is 3. The number of hydrogen-bond donors (Lipinski definition) is 1. The van der Waals surface area contributed by atoms with Crippen LogP contribution in [0.1, 0.15) is 36.1 Å². The Morgan fingerprint density at radius 3 is 2.89 bits per heavy atom. The summed E-state index contributed by atoms with van der Waals surface area (Å²) in [6, 6.07) is 3.65. The lowest BCUT2D eigenvalue weighted by molar-refractivity contribution is 0.366. The van der Waals surface area contributed by atoms with E-state index in [0.29, 0.717) is 11.8 Å². The number of anilines is 1. The molecule has 1 aliphatic heterocycles. The maximum Gasteiger partial charge on any atom is 0.266 e. The summed E-state index contributed by atoms with van der Waals surface area (Å²) in [5, 5.41) is 6.03. The van der Waals surface area contributed by atoms with Crippen LogP contribution >= 0.6 is 11.3 Å². The van der Waals surface area contributed by atoms with Gasteiger partial charge >= 0.3 is 0 Å². The molecule has 1 fully saturated rings. The van der Waals surface area contributed by atoms with Crippen molar-refractivity contribution in [3.05, 3.63) is 28.3 Å². The second-order valence-corrected chi connectivity index (χ2v) is 5.45. The van der Waals surface area contributed by atoms with Crippen LogP contribution in [0.4, 0.5) is 5.95 Å². The van der Waals surface area contributed by atoms with Gasteiger partial charge in [-0.2, -0.15) is 4.98 Å². The third-order valence-corrected chi connectivity index (χ3v) is 4.14. The third-order valence-electron chi connectivity index (χ3n) is 3.19. The third kappa shape index (κ3) is 2.26. The minimum Gasteiger partial charge on any atom is -0.338 e. The van der Waals surface area contributed by atoms with Crippen molar-refractivity contribution in [3.8, 4) is 0 Å². The average Bonchev–Trinajstić information content (AvgIpc) is 3.10. The molecule has 2 aromatic rings. The summed E-state index contributed by atoms with van der Waals surface area (Å²) >= 11 is 1.60. The quantitative estimate of drug-likeness (QED) is 0.920. The van der Waals surface area contributed by atoms with Crippen molar-refractivity contribution < 1.29 is 4.52 Å². The van der Waals surface area contributed by atoms with Gasteiger partial charge in [0.05, 0.1) is 0 Å². The summed E-state index contributed by atoms with van der Waals surface area (Å²) in [5.41, 5.74) is 6.10. The van der Waals surface area contributed by atoms with E-state index in [4.69, 9.17) is 10.3 Å². The van der Waals surface area contributed by atoms with E-state index in [9.17, 15) is 0 Å². The normalized spacial score (nSPS) is 17.9. The van der Waals surface area contributed by atoms with Gasteiger partial charge in [-0.25, -0.2) is 0 Å². The van der Waals surface area contributed by atoms with E-state index < -0.39 is 0 Å². The highest BCUT2D eigenvalue weighted by molar-refractivity contribution is 7.10. The topological polar surface area (TPSA) is 68.2 Å². The monoisotopic (exact) mass is 264 g/mol. The summed E-state index contributed by atoms with van der Waals surface area (Å²) < 4.78 is 5.28. The van der Waals surface area contributed by atoms with Crippen LogP contribution in [0.5, 0.6) is 0 Å². The van der Waals surface area contributed by atoms with Crippen LogP contribution in [0.2, 0.25) is 0 Å². The van der Waals surface area contributed by atoms with Gasteiger partial charge in [-0.3, -0.25) is 0 Å². The molecular weight excluding hydrogens is 248 g/mol. The molecule has 6 heteroatoms. The molecule has 1 saturated heterocycles. The van der Waals surface area contributed by atoms with Gasteiger partial charge < -0.3 is 15.2 Å². The van der Waals surface area contributed by atoms with E-state index in [-0.39, 0.29) is 6.04 Å². The fourth-order valence-electron chi connectivity index (χ4n) is 2.17. The Morgan fingerprint density at radius 1 is 1.33 bits per heavy atom. The molecule has 0 amide bonds. The molecule has 96 valence electrons. The summed E-state index contributed by atoms with van der Waals surface area (Å²) in [4.78, 5) is 7.63. The number of aromatic nitrogens is 2. The minimum atomic E-state index is -0.309. The molecular formula is C12H16N4OS. The zero-order chi connectivity index (χ0) is 12.4. The Morgan fingerprint density at radius 2 is 2.17 bits per heavy atom. The average molecular weight is 264 g/mol. The number of nitrogens with zero attached hydrogens (tertiary/aromatic N) is 3. The molecule has 1 aliphatic rings. The maximum atomic E-state index is 6.10. The Bertz CT molecular complexity index is 490. The minimum absolute atomic E-state index is 0.309. The van der Waals surface area contributed by atoms with Crippen LogP contribution in [0.25, 0.3) is 0 Å². The number of nitrogens with two attached hydrogens (primary N) is 1. The molecule has 0 saturated carbocycles. The van der Waals surface area contributed by atoms with Crippen molar-refractivity contribution in [1.82, 2.24) is 10.1 Å². The van der Waals surface area contributed by atoms with Gasteiger partial charge in [0.1, 0.15) is 6.04 Å². The Labute approximate surface area is 110 Å². The lowest BCUT2D eigenvalue weighted by atomic mass is 10.1. The fourth-order valence-corrected chi connectivity index (χ4v) is 2.88. The second kappa shape index (κ2) is 5.07. The highest BCUT2D eigenvalue weighted by Gasteiger charge is 2.21. The first-order chi connectivity index (χ1) is 8.84. The van der Waals surface area contributed by atoms with Gasteiger partial charge in [0.2, 0.25) is 0 Å². The zero-order valence-electron chi connectivity index (χ0n) is 10.1. The Kier molecular flexibility index (Phi) is 3.29. The first kappa shape index (κ1) is 11.7. The molecule has 0 aliphatic carbocycles. The Balaban J connectivity index is 1.76. The molecule has 2 N–H and O–H groups in total. The molecule has 0 aromatic carbocycles. The van der Waals surface area contributed by atoms with Crippen LogP contribution < -0.4 is 10.6 Å². The number of piperidine rings is 1. The SMILES string of the molecule is NC(c1nc(N2CCCCC2)no1)c1cccs1. The van der Waals surface area contributed by atoms with Gasteiger partial charge in [-0.15, -0.1) is 11.3 Å². The molecule has 3 rings (SSSR count). The molecule has 3 heterocycles. The van der Waals surface area contributed by atoms with Gasteiger partial charge in [-0.1, -0.05) is 6.07 Å². The molecule has 1 atom stereocenters. The lowest BCUT2D eigenvalue weighted by Crippen LogP contribution is -2.30. The highest BCUT2D eigenvalue weighted by Crippen LogP contribution is 2.24. The standard InChI is InChI=1S/C12H16N4OS/c13-10(9-5-4-8-18-9)11-14-12(15-17-11)16-6-2-1-3-7-16/h4-5,8,10H,1-3,6-7,13H2. The molecule has 5 nitrogen and oxygen atoms in total. The summed E-state index contributed by atoms with van der Waals surface area (Å²) in [5.74, 6) is 1.18. The molecule has 0 bridgehead atoms. The van der Waals surface area contributed by atoms with Crippen molar-refractivity contribution in [1.29, 1.82) is 0 Å². The fraction of sp³-hybridized carbons (Fsp3) is 0.500. The predicted octanol–water partition coefficient (Wildman–Crippen LogP) is 2.17. The van der Waals surface area contributed by atoms with Crippen molar-refractivity contribution in [2.24, 2.45) is 5.73 Å². The Hall–Kier alpha value is -1.40. The van der Waals surface area contributed by atoms with E-state index in [1.807, 2.05) is 17.5 Å². The maximum absolute atomic E-state index is 6.10. The van der Waals surface area contributed by atoms with Crippen molar-refractivity contribution in [3.63, 3.8) is 0 Å². The molecule has 2 aromatic heterocycles. The van der Waals surface area contributed by atoms with E-state index in [1.54, 1.807) is 11.3 Å². The number of thiophene rings is 1. The molecule has 18 heavy (non-hydrogen) atoms. The van der Waals surface area contributed by atoms with Gasteiger partial charge in [0.25, 0.3) is 11.8 Å². The van der Waals surface area contributed by atoms with Gasteiger partial charge in [0.15, 0.2) is 0 Å². The lowest BCUT2D eigenvalue weighted by Gasteiger charge is -2.24. The van der Waals surface area contributed by atoms with Crippen LogP contribution in [-0.2, 0) is 0 Å². The summed E-state index contributed by atoms with van der Waals surface area (Å²) in [7, 11) is 0. The molecule has 1 unspecified atom stereocenters. The zero-order valence-corrected chi connectivity index (χ0v) is 10.9. The van der Waals surface area contributed by atoms with Crippen molar-refractivity contribution in [2.45, 2.75) is 25.3 Å².